The molecular formula is C17H28N2O3. The van der Waals surface area contributed by atoms with Crippen LogP contribution in [-0.2, 0) is 0 Å². The first-order chi connectivity index (χ1) is 10.7. The second-order valence-electron chi connectivity index (χ2n) is 4.91. The van der Waals surface area contributed by atoms with Crippen molar-refractivity contribution in [2.24, 2.45) is 0 Å². The minimum atomic E-state index is -0.123. The van der Waals surface area contributed by atoms with Crippen molar-refractivity contribution in [3.8, 4) is 11.5 Å². The highest BCUT2D eigenvalue weighted by molar-refractivity contribution is 5.97. The Morgan fingerprint density at radius 1 is 1.23 bits per heavy atom. The fourth-order valence-electron chi connectivity index (χ4n) is 2.29. The van der Waals surface area contributed by atoms with Crippen molar-refractivity contribution in [3.63, 3.8) is 0 Å². The molecule has 0 aliphatic rings. The van der Waals surface area contributed by atoms with Crippen LogP contribution in [-0.4, -0.2) is 50.7 Å². The van der Waals surface area contributed by atoms with Crippen molar-refractivity contribution in [3.05, 3.63) is 23.8 Å². The molecule has 0 atom stereocenters. The number of amides is 1. The molecule has 1 rings (SSSR count). The number of ether oxygens (including phenoxy) is 2. The van der Waals surface area contributed by atoms with E-state index in [1.165, 1.54) is 0 Å². The van der Waals surface area contributed by atoms with Gasteiger partial charge < -0.3 is 19.7 Å². The zero-order valence-electron chi connectivity index (χ0n) is 14.1. The van der Waals surface area contributed by atoms with Gasteiger partial charge >= 0.3 is 0 Å². The van der Waals surface area contributed by atoms with Gasteiger partial charge in [0.25, 0.3) is 5.91 Å². The normalized spacial score (nSPS) is 10.6. The van der Waals surface area contributed by atoms with Gasteiger partial charge in [-0.2, -0.15) is 0 Å². The first kappa shape index (κ1) is 18.3. The molecule has 0 saturated heterocycles. The van der Waals surface area contributed by atoms with E-state index in [-0.39, 0.29) is 5.91 Å². The van der Waals surface area contributed by atoms with Crippen LogP contribution in [0.15, 0.2) is 18.2 Å². The summed E-state index contributed by atoms with van der Waals surface area (Å²) >= 11 is 0. The summed E-state index contributed by atoms with van der Waals surface area (Å²) < 4.78 is 10.8. The summed E-state index contributed by atoms with van der Waals surface area (Å²) in [5.74, 6) is 0.966. The molecule has 5 nitrogen and oxygen atoms in total. The van der Waals surface area contributed by atoms with Gasteiger partial charge in [0, 0.05) is 6.54 Å². The van der Waals surface area contributed by atoms with Gasteiger partial charge in [0.1, 0.15) is 0 Å². The van der Waals surface area contributed by atoms with E-state index in [0.717, 1.165) is 26.1 Å². The Hall–Kier alpha value is -1.75. The molecule has 0 aliphatic heterocycles. The van der Waals surface area contributed by atoms with Crippen molar-refractivity contribution in [2.45, 2.75) is 27.2 Å². The summed E-state index contributed by atoms with van der Waals surface area (Å²) in [6.07, 6.45) is 0.932. The highest BCUT2D eigenvalue weighted by Crippen LogP contribution is 2.30. The number of hydrogen-bond acceptors (Lipinski definition) is 4. The zero-order valence-corrected chi connectivity index (χ0v) is 14.1. The average Bonchev–Trinajstić information content (AvgIpc) is 2.55. The van der Waals surface area contributed by atoms with Crippen LogP contribution in [0.5, 0.6) is 11.5 Å². The second kappa shape index (κ2) is 10.1. The Balaban J connectivity index is 2.62. The highest BCUT2D eigenvalue weighted by Gasteiger charge is 2.16. The van der Waals surface area contributed by atoms with Gasteiger partial charge in [-0.15, -0.1) is 0 Å². The van der Waals surface area contributed by atoms with Crippen LogP contribution in [0.2, 0.25) is 0 Å². The molecule has 0 bridgehead atoms. The van der Waals surface area contributed by atoms with Crippen LogP contribution in [0.1, 0.15) is 37.6 Å². The number of carbonyl (C=O) groups is 1. The Kier molecular flexibility index (Phi) is 8.36. The molecule has 0 aliphatic carbocycles. The first-order valence-corrected chi connectivity index (χ1v) is 7.98. The van der Waals surface area contributed by atoms with Gasteiger partial charge in [-0.05, 0) is 45.1 Å². The van der Waals surface area contributed by atoms with E-state index >= 15 is 0 Å². The van der Waals surface area contributed by atoms with Gasteiger partial charge in [-0.25, -0.2) is 0 Å². The quantitative estimate of drug-likeness (QED) is 0.675. The van der Waals surface area contributed by atoms with E-state index < -0.39 is 0 Å². The van der Waals surface area contributed by atoms with Crippen molar-refractivity contribution in [2.75, 3.05) is 39.9 Å². The summed E-state index contributed by atoms with van der Waals surface area (Å²) in [6, 6.07) is 5.35. The molecule has 1 N–H and O–H groups in total. The highest BCUT2D eigenvalue weighted by atomic mass is 16.5. The average molecular weight is 308 g/mol. The van der Waals surface area contributed by atoms with Gasteiger partial charge in [-0.1, -0.05) is 19.9 Å². The van der Waals surface area contributed by atoms with E-state index in [9.17, 15) is 4.79 Å². The molecule has 0 radical (unpaired) electrons. The van der Waals surface area contributed by atoms with Crippen LogP contribution in [0, 0.1) is 0 Å². The minimum absolute atomic E-state index is 0.123. The monoisotopic (exact) mass is 308 g/mol. The SMILES string of the molecule is CCOc1c(OC)cccc1C(=O)NCCCN(CC)CC. The summed E-state index contributed by atoms with van der Waals surface area (Å²) in [7, 11) is 1.57. The van der Waals surface area contributed by atoms with E-state index in [1.807, 2.05) is 6.92 Å². The molecule has 124 valence electrons. The summed E-state index contributed by atoms with van der Waals surface area (Å²) in [5, 5.41) is 2.95. The third-order valence-corrected chi connectivity index (χ3v) is 3.56. The molecular weight excluding hydrogens is 280 g/mol. The van der Waals surface area contributed by atoms with E-state index in [4.69, 9.17) is 9.47 Å². The maximum atomic E-state index is 12.3. The smallest absolute Gasteiger partial charge is 0.255 e. The molecule has 0 fully saturated rings. The van der Waals surface area contributed by atoms with E-state index in [1.54, 1.807) is 25.3 Å². The first-order valence-electron chi connectivity index (χ1n) is 7.98. The molecule has 0 heterocycles. The number of rotatable bonds is 10. The summed E-state index contributed by atoms with van der Waals surface area (Å²) in [4.78, 5) is 14.7. The fourth-order valence-corrected chi connectivity index (χ4v) is 2.29. The summed E-state index contributed by atoms with van der Waals surface area (Å²) in [5.41, 5.74) is 0.518. The molecule has 22 heavy (non-hydrogen) atoms. The number of benzene rings is 1. The number of para-hydroxylation sites is 1. The van der Waals surface area contributed by atoms with Crippen molar-refractivity contribution in [1.82, 2.24) is 10.2 Å². The number of carbonyl (C=O) groups excluding carboxylic acids is 1. The second-order valence-corrected chi connectivity index (χ2v) is 4.91. The van der Waals surface area contributed by atoms with Crippen molar-refractivity contribution in [1.29, 1.82) is 0 Å². The molecule has 0 saturated carbocycles. The topological polar surface area (TPSA) is 50.8 Å². The molecule has 0 aromatic heterocycles. The molecule has 0 spiro atoms. The fraction of sp³-hybridized carbons (Fsp3) is 0.588. The van der Waals surface area contributed by atoms with Gasteiger partial charge in [0.05, 0.1) is 19.3 Å². The largest absolute Gasteiger partial charge is 0.493 e. The van der Waals surface area contributed by atoms with Crippen molar-refractivity contribution >= 4 is 5.91 Å². The van der Waals surface area contributed by atoms with Crippen LogP contribution >= 0.6 is 0 Å². The maximum Gasteiger partial charge on any atom is 0.255 e. The Morgan fingerprint density at radius 3 is 2.55 bits per heavy atom. The van der Waals surface area contributed by atoms with Gasteiger partial charge in [-0.3, -0.25) is 4.79 Å². The predicted molar refractivity (Wildman–Crippen MR) is 88.9 cm³/mol. The molecule has 1 amide bonds. The van der Waals surface area contributed by atoms with Crippen LogP contribution in [0.4, 0.5) is 0 Å². The maximum absolute atomic E-state index is 12.3. The molecule has 1 aromatic carbocycles. The lowest BCUT2D eigenvalue weighted by Gasteiger charge is -2.18. The molecule has 1 aromatic rings. The van der Waals surface area contributed by atoms with Crippen LogP contribution in [0.3, 0.4) is 0 Å². The summed E-state index contributed by atoms with van der Waals surface area (Å²) in [6.45, 7) is 10.4. The minimum Gasteiger partial charge on any atom is -0.493 e. The number of nitrogens with one attached hydrogen (secondary N) is 1. The lowest BCUT2D eigenvalue weighted by Crippen LogP contribution is -2.30. The Morgan fingerprint density at radius 2 is 1.95 bits per heavy atom. The predicted octanol–water partition coefficient (Wildman–Crippen LogP) is 2.56. The van der Waals surface area contributed by atoms with Crippen molar-refractivity contribution < 1.29 is 14.3 Å². The van der Waals surface area contributed by atoms with E-state index in [0.29, 0.717) is 30.2 Å². The lowest BCUT2D eigenvalue weighted by atomic mass is 10.1. The molecule has 0 unspecified atom stereocenters. The van der Waals surface area contributed by atoms with Gasteiger partial charge in [0.15, 0.2) is 11.5 Å². The Bertz CT molecular complexity index is 459. The molecule has 5 heteroatoms. The lowest BCUT2D eigenvalue weighted by molar-refractivity contribution is 0.0947. The van der Waals surface area contributed by atoms with Gasteiger partial charge in [0.2, 0.25) is 0 Å². The van der Waals surface area contributed by atoms with Crippen LogP contribution in [0.25, 0.3) is 0 Å². The number of methoxy groups -OCH3 is 1. The number of hydrogen-bond donors (Lipinski definition) is 1. The van der Waals surface area contributed by atoms with Crippen LogP contribution < -0.4 is 14.8 Å². The third-order valence-electron chi connectivity index (χ3n) is 3.56. The zero-order chi connectivity index (χ0) is 16.4. The number of nitrogens with zero attached hydrogens (tertiary/aromatic N) is 1. The standard InChI is InChI=1S/C17H28N2O3/c1-5-19(6-2)13-9-12-18-17(20)14-10-8-11-15(21-4)16(14)22-7-3/h8,10-11H,5-7,9,12-13H2,1-4H3,(H,18,20). The third kappa shape index (κ3) is 5.22. The van der Waals surface area contributed by atoms with E-state index in [2.05, 4.69) is 24.1 Å². The Labute approximate surface area is 133 Å².